The number of rotatable bonds is 2. The Labute approximate surface area is 84.9 Å². The van der Waals surface area contributed by atoms with E-state index in [2.05, 4.69) is 0 Å². The van der Waals surface area contributed by atoms with Crippen molar-refractivity contribution in [2.24, 2.45) is 0 Å². The quantitative estimate of drug-likeness (QED) is 0.476. The maximum atomic E-state index is 9.27. The fraction of sp³-hybridized carbons (Fsp3) is 0.333. The zero-order chi connectivity index (χ0) is 9.98. The maximum Gasteiger partial charge on any atom is 2.00 e. The van der Waals surface area contributed by atoms with Gasteiger partial charge in [-0.2, -0.15) is 10.5 Å². The Morgan fingerprint density at radius 1 is 1.00 bits per heavy atom. The molecule has 0 heterocycles. The third-order valence-electron chi connectivity index (χ3n) is 0.447. The summed E-state index contributed by atoms with van der Waals surface area (Å²) in [6.07, 6.45) is -1.03. The number of carboxylic acids is 2. The van der Waals surface area contributed by atoms with E-state index in [4.69, 9.17) is 10.5 Å². The third-order valence-corrected chi connectivity index (χ3v) is 0.447. The Morgan fingerprint density at radius 3 is 1.23 bits per heavy atom. The second-order valence-electron chi connectivity index (χ2n) is 1.41. The van der Waals surface area contributed by atoms with Crippen molar-refractivity contribution in [2.75, 3.05) is 0 Å². The molecule has 0 atom stereocenters. The van der Waals surface area contributed by atoms with Gasteiger partial charge in [0.25, 0.3) is 0 Å². The first kappa shape index (κ1) is 17.5. The first-order valence-corrected chi connectivity index (χ1v) is 2.68. The molecule has 6 nitrogen and oxygen atoms in total. The van der Waals surface area contributed by atoms with E-state index in [1.165, 1.54) is 12.1 Å². The predicted molar refractivity (Wildman–Crippen MR) is 30.5 cm³/mol. The topological polar surface area (TPSA) is 128 Å². The summed E-state index contributed by atoms with van der Waals surface area (Å²) in [5.74, 6) is -2.64. The minimum Gasteiger partial charge on any atom is -0.549 e. The van der Waals surface area contributed by atoms with Crippen LogP contribution in [0.1, 0.15) is 12.8 Å². The Bertz CT molecular complexity index is 214. The summed E-state index contributed by atoms with van der Waals surface area (Å²) in [6.45, 7) is 0. The number of hydrogen-bond donors (Lipinski definition) is 0. The molecule has 0 saturated heterocycles. The van der Waals surface area contributed by atoms with Crippen molar-refractivity contribution in [3.8, 4) is 12.1 Å². The van der Waals surface area contributed by atoms with Gasteiger partial charge < -0.3 is 19.8 Å². The molecule has 0 unspecified atom stereocenters. The van der Waals surface area contributed by atoms with Gasteiger partial charge in [0, 0.05) is 0 Å². The summed E-state index contributed by atoms with van der Waals surface area (Å²) in [5, 5.41) is 33.7. The van der Waals surface area contributed by atoms with E-state index in [9.17, 15) is 19.8 Å². The molecule has 0 fully saturated rings. The summed E-state index contributed by atoms with van der Waals surface area (Å²) < 4.78 is 0. The Kier molecular flexibility index (Phi) is 17.6. The molecule has 0 saturated carbocycles. The van der Waals surface area contributed by atoms with Gasteiger partial charge >= 0.3 is 17.1 Å². The first-order chi connectivity index (χ1) is 5.54. The molecule has 0 aliphatic rings. The summed E-state index contributed by atoms with van der Waals surface area (Å²) in [6, 6.07) is 2.81. The number of hydrogen-bond acceptors (Lipinski definition) is 6. The van der Waals surface area contributed by atoms with Gasteiger partial charge in [0.05, 0.1) is 36.9 Å². The van der Waals surface area contributed by atoms with Crippen LogP contribution in [0.5, 0.6) is 0 Å². The average Bonchev–Trinajstić information content (AvgIpc) is 1.87. The molecule has 0 aliphatic carbocycles. The van der Waals surface area contributed by atoms with Gasteiger partial charge in [0.2, 0.25) is 0 Å². The second kappa shape index (κ2) is 13.1. The van der Waals surface area contributed by atoms with Crippen LogP contribution < -0.4 is 10.2 Å². The molecule has 0 rings (SSSR count). The molecule has 1 radical (unpaired) electrons. The molecule has 0 N–H and O–H groups in total. The van der Waals surface area contributed by atoms with Crippen molar-refractivity contribution in [1.29, 1.82) is 10.5 Å². The van der Waals surface area contributed by atoms with Crippen LogP contribution in [0.25, 0.3) is 0 Å². The van der Waals surface area contributed by atoms with E-state index >= 15 is 0 Å². The molecule has 0 spiro atoms. The molecule has 0 aliphatic heterocycles. The monoisotopic (exact) mass is 231 g/mol. The van der Waals surface area contributed by atoms with E-state index in [1.807, 2.05) is 0 Å². The summed E-state index contributed by atoms with van der Waals surface area (Å²) in [5.41, 5.74) is 0. The van der Waals surface area contributed by atoms with E-state index in [0.29, 0.717) is 0 Å². The maximum absolute atomic E-state index is 9.27. The molecular formula is C6H4CuN2O4. The minimum absolute atomic E-state index is 0. The summed E-state index contributed by atoms with van der Waals surface area (Å²) in [4.78, 5) is 18.5. The molecule has 0 aromatic heterocycles. The van der Waals surface area contributed by atoms with Gasteiger partial charge in [-0.1, -0.05) is 0 Å². The van der Waals surface area contributed by atoms with Crippen molar-refractivity contribution in [3.63, 3.8) is 0 Å². The van der Waals surface area contributed by atoms with E-state index in [0.717, 1.165) is 0 Å². The van der Waals surface area contributed by atoms with Crippen LogP contribution in [-0.2, 0) is 26.7 Å². The van der Waals surface area contributed by atoms with Crippen LogP contribution in [0, 0.1) is 22.7 Å². The zero-order valence-corrected chi connectivity index (χ0v) is 7.18. The van der Waals surface area contributed by atoms with E-state index in [1.54, 1.807) is 0 Å². The first-order valence-electron chi connectivity index (χ1n) is 2.68. The SMILES string of the molecule is N#CCC(=O)[O-].N#CCC(=O)[O-].[Cu+2]. The van der Waals surface area contributed by atoms with Crippen molar-refractivity contribution in [1.82, 2.24) is 0 Å². The van der Waals surface area contributed by atoms with Gasteiger partial charge in [-0.05, 0) is 0 Å². The molecule has 0 amide bonds. The molecule has 0 aromatic rings. The zero-order valence-electron chi connectivity index (χ0n) is 6.24. The molecule has 0 bridgehead atoms. The van der Waals surface area contributed by atoms with Crippen LogP contribution in [0.4, 0.5) is 0 Å². The van der Waals surface area contributed by atoms with Crippen LogP contribution in [0.3, 0.4) is 0 Å². The summed E-state index contributed by atoms with van der Waals surface area (Å²) in [7, 11) is 0. The average molecular weight is 232 g/mol. The second-order valence-corrected chi connectivity index (χ2v) is 1.41. The molecule has 73 valence electrons. The molecule has 7 heteroatoms. The molecule has 13 heavy (non-hydrogen) atoms. The van der Waals surface area contributed by atoms with Gasteiger partial charge in [-0.15, -0.1) is 0 Å². The largest absolute Gasteiger partial charge is 2.00 e. The number of nitrogens with zero attached hydrogens (tertiary/aromatic N) is 2. The summed E-state index contributed by atoms with van der Waals surface area (Å²) >= 11 is 0. The number of carbonyl (C=O) groups excluding carboxylic acids is 2. The number of aliphatic carboxylic acids is 2. The fourth-order valence-electron chi connectivity index (χ4n) is 0.129. The van der Waals surface area contributed by atoms with Crippen LogP contribution in [0.15, 0.2) is 0 Å². The smallest absolute Gasteiger partial charge is 0.549 e. The van der Waals surface area contributed by atoms with Crippen molar-refractivity contribution >= 4 is 11.9 Å². The van der Waals surface area contributed by atoms with Gasteiger partial charge in [-0.25, -0.2) is 0 Å². The van der Waals surface area contributed by atoms with Crippen LogP contribution in [-0.4, -0.2) is 11.9 Å². The molecular weight excluding hydrogens is 228 g/mol. The normalized spacial score (nSPS) is 6.00. The standard InChI is InChI=1S/2C3H3NO2.Cu/c2*4-2-1-3(5)6;/h2*1H2,(H,5,6);/q;;+2/p-2. The third kappa shape index (κ3) is 37.7. The van der Waals surface area contributed by atoms with Crippen LogP contribution in [0.2, 0.25) is 0 Å². The Morgan fingerprint density at radius 2 is 1.23 bits per heavy atom. The van der Waals surface area contributed by atoms with Crippen molar-refractivity contribution in [3.05, 3.63) is 0 Å². The number of nitriles is 2. The number of carbonyl (C=O) groups is 2. The van der Waals surface area contributed by atoms with Crippen molar-refractivity contribution < 1.29 is 36.9 Å². The van der Waals surface area contributed by atoms with Gasteiger partial charge in [-0.3, -0.25) is 0 Å². The predicted octanol–water partition coefficient (Wildman–Crippen LogP) is -2.70. The van der Waals surface area contributed by atoms with Crippen molar-refractivity contribution in [2.45, 2.75) is 12.8 Å². The van der Waals surface area contributed by atoms with Crippen LogP contribution >= 0.6 is 0 Å². The van der Waals surface area contributed by atoms with Gasteiger partial charge in [0.15, 0.2) is 0 Å². The Hall–Kier alpha value is -1.56. The van der Waals surface area contributed by atoms with E-state index < -0.39 is 24.8 Å². The Balaban J connectivity index is -0.000000143. The van der Waals surface area contributed by atoms with Gasteiger partial charge in [0.1, 0.15) is 0 Å². The fourth-order valence-corrected chi connectivity index (χ4v) is 0.129. The van der Waals surface area contributed by atoms with E-state index in [-0.39, 0.29) is 17.1 Å². The molecule has 0 aromatic carbocycles. The number of carboxylic acid groups (broad SMARTS) is 2. The minimum atomic E-state index is -1.32.